The standard InChI is InChI=1S/C23H21NO5/c25-18(26)13-24-22(29)19-20(27)16-12-15(14-6-2-1-3-7-14)8-9-17(16)23(21(19)28)10-4-5-11-23/h1-3,6-9,12,19H,4-5,10-11,13H2,(H,24,29)(H,25,26). The third kappa shape index (κ3) is 3.14. The lowest BCUT2D eigenvalue weighted by Gasteiger charge is -2.37. The topological polar surface area (TPSA) is 101 Å². The highest BCUT2D eigenvalue weighted by molar-refractivity contribution is 6.29. The molecule has 148 valence electrons. The molecule has 2 aliphatic carbocycles. The van der Waals surface area contributed by atoms with Crippen LogP contribution in [0.5, 0.6) is 0 Å². The first-order valence-electron chi connectivity index (χ1n) is 9.72. The average molecular weight is 391 g/mol. The summed E-state index contributed by atoms with van der Waals surface area (Å²) >= 11 is 0. The molecule has 29 heavy (non-hydrogen) atoms. The molecular weight excluding hydrogens is 370 g/mol. The van der Waals surface area contributed by atoms with Gasteiger partial charge in [-0.05, 0) is 35.6 Å². The lowest BCUT2D eigenvalue weighted by atomic mass is 9.63. The number of aliphatic carboxylic acids is 1. The summed E-state index contributed by atoms with van der Waals surface area (Å²) in [7, 11) is 0. The van der Waals surface area contributed by atoms with Gasteiger partial charge in [0, 0.05) is 5.56 Å². The summed E-state index contributed by atoms with van der Waals surface area (Å²) in [6.07, 6.45) is 2.89. The number of fused-ring (bicyclic) bond motifs is 2. The van der Waals surface area contributed by atoms with Gasteiger partial charge in [-0.15, -0.1) is 0 Å². The molecule has 1 saturated carbocycles. The van der Waals surface area contributed by atoms with E-state index >= 15 is 0 Å². The van der Waals surface area contributed by atoms with Gasteiger partial charge in [-0.1, -0.05) is 55.3 Å². The first-order valence-corrected chi connectivity index (χ1v) is 9.72. The molecule has 1 spiro atoms. The maximum absolute atomic E-state index is 13.3. The van der Waals surface area contributed by atoms with Crippen LogP contribution in [-0.4, -0.2) is 35.1 Å². The van der Waals surface area contributed by atoms with Crippen molar-refractivity contribution in [2.75, 3.05) is 6.54 Å². The number of hydrogen-bond donors (Lipinski definition) is 2. The number of Topliss-reactive ketones (excluding diaryl/α,β-unsaturated/α-hetero) is 2. The number of hydrogen-bond acceptors (Lipinski definition) is 4. The Morgan fingerprint density at radius 1 is 1.00 bits per heavy atom. The predicted octanol–water partition coefficient (Wildman–Crippen LogP) is 2.75. The minimum atomic E-state index is -1.49. The Hall–Kier alpha value is -3.28. The SMILES string of the molecule is O=C(O)CNC(=O)C1C(=O)c2cc(-c3ccccc3)ccc2C2(CCCC2)C1=O. The van der Waals surface area contributed by atoms with E-state index in [0.29, 0.717) is 24.0 Å². The minimum absolute atomic E-state index is 0.392. The molecule has 4 rings (SSSR count). The molecule has 2 N–H and O–H groups in total. The average Bonchev–Trinajstić information content (AvgIpc) is 3.22. The van der Waals surface area contributed by atoms with Crippen molar-refractivity contribution in [1.82, 2.24) is 5.32 Å². The second kappa shape index (κ2) is 7.28. The molecule has 0 aromatic heterocycles. The van der Waals surface area contributed by atoms with Crippen LogP contribution in [0.25, 0.3) is 11.1 Å². The molecule has 2 aromatic carbocycles. The highest BCUT2D eigenvalue weighted by Gasteiger charge is 2.55. The molecule has 6 nitrogen and oxygen atoms in total. The van der Waals surface area contributed by atoms with Gasteiger partial charge >= 0.3 is 5.97 Å². The van der Waals surface area contributed by atoms with Crippen molar-refractivity contribution in [2.45, 2.75) is 31.1 Å². The molecular formula is C23H21NO5. The van der Waals surface area contributed by atoms with E-state index in [1.165, 1.54) is 0 Å². The number of carbonyl (C=O) groups is 4. The van der Waals surface area contributed by atoms with Crippen LogP contribution in [0.2, 0.25) is 0 Å². The van der Waals surface area contributed by atoms with Crippen molar-refractivity contribution in [3.8, 4) is 11.1 Å². The highest BCUT2D eigenvalue weighted by atomic mass is 16.4. The van der Waals surface area contributed by atoms with Crippen LogP contribution in [0.4, 0.5) is 0 Å². The third-order valence-corrected chi connectivity index (χ3v) is 6.04. The van der Waals surface area contributed by atoms with E-state index in [1.807, 2.05) is 42.5 Å². The number of carbonyl (C=O) groups excluding carboxylic acids is 3. The molecule has 6 heteroatoms. The van der Waals surface area contributed by atoms with E-state index in [1.54, 1.807) is 6.07 Å². The van der Waals surface area contributed by atoms with Gasteiger partial charge in [-0.3, -0.25) is 19.2 Å². The fourth-order valence-corrected chi connectivity index (χ4v) is 4.66. The van der Waals surface area contributed by atoms with Crippen molar-refractivity contribution in [2.24, 2.45) is 5.92 Å². The Morgan fingerprint density at radius 2 is 1.69 bits per heavy atom. The Labute approximate surface area is 167 Å². The van der Waals surface area contributed by atoms with E-state index in [9.17, 15) is 19.2 Å². The van der Waals surface area contributed by atoms with Gasteiger partial charge in [-0.2, -0.15) is 0 Å². The number of rotatable bonds is 4. The zero-order chi connectivity index (χ0) is 20.6. The first-order chi connectivity index (χ1) is 13.9. The maximum Gasteiger partial charge on any atom is 0.322 e. The molecule has 0 radical (unpaired) electrons. The fourth-order valence-electron chi connectivity index (χ4n) is 4.66. The predicted molar refractivity (Wildman–Crippen MR) is 105 cm³/mol. The van der Waals surface area contributed by atoms with Crippen LogP contribution in [0.15, 0.2) is 48.5 Å². The summed E-state index contributed by atoms with van der Waals surface area (Å²) in [6, 6.07) is 15.1. The van der Waals surface area contributed by atoms with Crippen LogP contribution in [0.3, 0.4) is 0 Å². The van der Waals surface area contributed by atoms with Gasteiger partial charge in [0.1, 0.15) is 6.54 Å². The molecule has 2 aliphatic rings. The van der Waals surface area contributed by atoms with E-state index < -0.39 is 41.3 Å². The third-order valence-electron chi connectivity index (χ3n) is 6.04. The molecule has 0 saturated heterocycles. The second-order valence-electron chi connectivity index (χ2n) is 7.69. The zero-order valence-corrected chi connectivity index (χ0v) is 15.8. The van der Waals surface area contributed by atoms with Crippen LogP contribution in [0, 0.1) is 5.92 Å². The number of nitrogens with one attached hydrogen (secondary N) is 1. The van der Waals surface area contributed by atoms with E-state index in [0.717, 1.165) is 24.0 Å². The summed E-state index contributed by atoms with van der Waals surface area (Å²) in [5.74, 6) is -4.50. The van der Waals surface area contributed by atoms with E-state index in [2.05, 4.69) is 5.32 Å². The monoisotopic (exact) mass is 391 g/mol. The number of carboxylic acids is 1. The fraction of sp³-hybridized carbons (Fsp3) is 0.304. The maximum atomic E-state index is 13.3. The number of amides is 1. The molecule has 0 aliphatic heterocycles. The Balaban J connectivity index is 1.81. The Kier molecular flexibility index (Phi) is 4.78. The summed E-state index contributed by atoms with van der Waals surface area (Å²) in [5.41, 5.74) is 2.02. The van der Waals surface area contributed by atoms with Crippen molar-refractivity contribution in [3.05, 3.63) is 59.7 Å². The second-order valence-corrected chi connectivity index (χ2v) is 7.69. The lowest BCUT2D eigenvalue weighted by molar-refractivity contribution is -0.141. The summed E-state index contributed by atoms with van der Waals surface area (Å²) < 4.78 is 0. The van der Waals surface area contributed by atoms with E-state index in [4.69, 9.17) is 5.11 Å². The van der Waals surface area contributed by atoms with Crippen LogP contribution < -0.4 is 5.32 Å². The van der Waals surface area contributed by atoms with Crippen molar-refractivity contribution in [1.29, 1.82) is 0 Å². The quantitative estimate of drug-likeness (QED) is 0.781. The first kappa shape index (κ1) is 19.1. The summed E-state index contributed by atoms with van der Waals surface area (Å²) in [4.78, 5) is 50.0. The number of ketones is 2. The van der Waals surface area contributed by atoms with Crippen LogP contribution in [0.1, 0.15) is 41.6 Å². The molecule has 1 amide bonds. The van der Waals surface area contributed by atoms with Gasteiger partial charge in [-0.25, -0.2) is 0 Å². The van der Waals surface area contributed by atoms with Gasteiger partial charge in [0.05, 0.1) is 5.41 Å². The molecule has 0 heterocycles. The van der Waals surface area contributed by atoms with E-state index in [-0.39, 0.29) is 0 Å². The van der Waals surface area contributed by atoms with Crippen molar-refractivity contribution in [3.63, 3.8) is 0 Å². The van der Waals surface area contributed by atoms with Gasteiger partial charge in [0.2, 0.25) is 5.91 Å². The largest absolute Gasteiger partial charge is 0.480 e. The van der Waals surface area contributed by atoms with Gasteiger partial charge in [0.15, 0.2) is 17.5 Å². The summed E-state index contributed by atoms with van der Waals surface area (Å²) in [5, 5.41) is 11.0. The molecule has 1 unspecified atom stereocenters. The van der Waals surface area contributed by atoms with Crippen LogP contribution >= 0.6 is 0 Å². The minimum Gasteiger partial charge on any atom is -0.480 e. The number of carboxylic acid groups (broad SMARTS) is 1. The van der Waals surface area contributed by atoms with Crippen LogP contribution in [-0.2, 0) is 19.8 Å². The van der Waals surface area contributed by atoms with Gasteiger partial charge < -0.3 is 10.4 Å². The lowest BCUT2D eigenvalue weighted by Crippen LogP contribution is -2.52. The molecule has 1 atom stereocenters. The Morgan fingerprint density at radius 3 is 2.34 bits per heavy atom. The number of benzene rings is 2. The van der Waals surface area contributed by atoms with Crippen molar-refractivity contribution >= 4 is 23.4 Å². The normalized spacial score (nSPS) is 19.8. The Bertz CT molecular complexity index is 1010. The zero-order valence-electron chi connectivity index (χ0n) is 15.8. The molecule has 2 aromatic rings. The highest BCUT2D eigenvalue weighted by Crippen LogP contribution is 2.48. The summed E-state index contributed by atoms with van der Waals surface area (Å²) in [6.45, 7) is -0.625. The smallest absolute Gasteiger partial charge is 0.322 e. The van der Waals surface area contributed by atoms with Crippen molar-refractivity contribution < 1.29 is 24.3 Å². The molecule has 0 bridgehead atoms. The molecule has 1 fully saturated rings. The van der Waals surface area contributed by atoms with Gasteiger partial charge in [0.25, 0.3) is 0 Å².